The Morgan fingerprint density at radius 1 is 1.21 bits per heavy atom. The standard InChI is InChI=1S/C20H33BN4O3/c1-14(2)25(17-9-8-10-24(13-17)15(3)26)18-22-11-16(12-23-18)21-27-19(4,5)20(6,7)28-21/h11-12,14,17H,8-10,13H2,1-7H3/t17-/m0/s1. The maximum Gasteiger partial charge on any atom is 0.498 e. The summed E-state index contributed by atoms with van der Waals surface area (Å²) in [6, 6.07) is 0.458. The maximum absolute atomic E-state index is 11.8. The van der Waals surface area contributed by atoms with E-state index < -0.39 is 18.3 Å². The van der Waals surface area contributed by atoms with Crippen molar-refractivity contribution in [3.63, 3.8) is 0 Å². The number of hydrogen-bond donors (Lipinski definition) is 0. The molecule has 0 unspecified atom stereocenters. The summed E-state index contributed by atoms with van der Waals surface area (Å²) in [4.78, 5) is 25.2. The predicted octanol–water partition coefficient (Wildman–Crippen LogP) is 2.00. The summed E-state index contributed by atoms with van der Waals surface area (Å²) in [5.74, 6) is 0.816. The van der Waals surface area contributed by atoms with E-state index in [-0.39, 0.29) is 18.0 Å². The Hall–Kier alpha value is -1.67. The van der Waals surface area contributed by atoms with Crippen LogP contribution in [0, 0.1) is 0 Å². The van der Waals surface area contributed by atoms with E-state index in [0.29, 0.717) is 5.95 Å². The van der Waals surface area contributed by atoms with Crippen LogP contribution in [-0.2, 0) is 14.1 Å². The molecule has 1 atom stereocenters. The van der Waals surface area contributed by atoms with Gasteiger partial charge in [0.05, 0.1) is 11.2 Å². The van der Waals surface area contributed by atoms with Gasteiger partial charge in [0.1, 0.15) is 0 Å². The van der Waals surface area contributed by atoms with Crippen LogP contribution in [0.1, 0.15) is 61.3 Å². The smallest absolute Gasteiger partial charge is 0.399 e. The first-order chi connectivity index (χ1) is 13.0. The number of piperidine rings is 1. The topological polar surface area (TPSA) is 67.8 Å². The summed E-state index contributed by atoms with van der Waals surface area (Å²) in [5, 5.41) is 0. The van der Waals surface area contributed by atoms with E-state index in [0.717, 1.165) is 31.4 Å². The van der Waals surface area contributed by atoms with Crippen molar-refractivity contribution in [3.8, 4) is 0 Å². The fraction of sp³-hybridized carbons (Fsp3) is 0.750. The Kier molecular flexibility index (Phi) is 5.74. The Labute approximate surface area is 168 Å². The second-order valence-electron chi connectivity index (χ2n) is 9.17. The van der Waals surface area contributed by atoms with Crippen molar-refractivity contribution in [2.75, 3.05) is 18.0 Å². The molecule has 28 heavy (non-hydrogen) atoms. The highest BCUT2D eigenvalue weighted by atomic mass is 16.7. The molecular weight excluding hydrogens is 355 g/mol. The van der Waals surface area contributed by atoms with Crippen LogP contribution in [0.5, 0.6) is 0 Å². The Balaban J connectivity index is 1.78. The van der Waals surface area contributed by atoms with Crippen molar-refractivity contribution >= 4 is 24.4 Å². The van der Waals surface area contributed by atoms with Gasteiger partial charge in [-0.25, -0.2) is 9.97 Å². The summed E-state index contributed by atoms with van der Waals surface area (Å²) in [7, 11) is -0.463. The number of hydrogen-bond acceptors (Lipinski definition) is 6. The van der Waals surface area contributed by atoms with Gasteiger partial charge in [-0.3, -0.25) is 4.79 Å². The molecule has 1 aromatic heterocycles. The fourth-order valence-corrected chi connectivity index (χ4v) is 3.85. The van der Waals surface area contributed by atoms with Gasteiger partial charge in [0.2, 0.25) is 11.9 Å². The molecule has 154 valence electrons. The highest BCUT2D eigenvalue weighted by molar-refractivity contribution is 6.61. The second kappa shape index (κ2) is 7.63. The second-order valence-corrected chi connectivity index (χ2v) is 9.17. The molecule has 1 aromatic rings. The third kappa shape index (κ3) is 4.03. The highest BCUT2D eigenvalue weighted by Gasteiger charge is 2.52. The lowest BCUT2D eigenvalue weighted by Gasteiger charge is -2.41. The van der Waals surface area contributed by atoms with E-state index >= 15 is 0 Å². The Morgan fingerprint density at radius 3 is 2.29 bits per heavy atom. The molecule has 0 aliphatic carbocycles. The van der Waals surface area contributed by atoms with E-state index in [9.17, 15) is 4.79 Å². The lowest BCUT2D eigenvalue weighted by Crippen LogP contribution is -2.52. The van der Waals surface area contributed by atoms with Gasteiger partial charge >= 0.3 is 7.12 Å². The van der Waals surface area contributed by atoms with Gasteiger partial charge in [0, 0.05) is 50.0 Å². The third-order valence-corrected chi connectivity index (χ3v) is 6.21. The number of anilines is 1. The average Bonchev–Trinajstić information content (AvgIpc) is 2.83. The van der Waals surface area contributed by atoms with Crippen molar-refractivity contribution in [3.05, 3.63) is 12.4 Å². The van der Waals surface area contributed by atoms with Crippen LogP contribution in [0.2, 0.25) is 0 Å². The normalized spacial score (nSPS) is 23.9. The quantitative estimate of drug-likeness (QED) is 0.735. The van der Waals surface area contributed by atoms with Crippen molar-refractivity contribution < 1.29 is 14.1 Å². The largest absolute Gasteiger partial charge is 0.498 e. The summed E-state index contributed by atoms with van der Waals surface area (Å²) >= 11 is 0. The molecule has 0 saturated carbocycles. The number of rotatable bonds is 4. The molecule has 8 heteroatoms. The first-order valence-corrected chi connectivity index (χ1v) is 10.2. The lowest BCUT2D eigenvalue weighted by molar-refractivity contribution is -0.130. The number of likely N-dealkylation sites (tertiary alicyclic amines) is 1. The van der Waals surface area contributed by atoms with E-state index in [1.54, 1.807) is 19.3 Å². The Morgan fingerprint density at radius 2 is 1.79 bits per heavy atom. The lowest BCUT2D eigenvalue weighted by atomic mass is 9.81. The number of carbonyl (C=O) groups is 1. The minimum atomic E-state index is -0.463. The number of carbonyl (C=O) groups excluding carboxylic acids is 1. The molecule has 0 N–H and O–H groups in total. The summed E-state index contributed by atoms with van der Waals surface area (Å²) in [6.45, 7) is 15.6. The molecular formula is C20H33BN4O3. The molecule has 2 aliphatic heterocycles. The molecule has 2 fully saturated rings. The van der Waals surface area contributed by atoms with Gasteiger partial charge in [-0.15, -0.1) is 0 Å². The maximum atomic E-state index is 11.8. The first kappa shape index (κ1) is 21.1. The monoisotopic (exact) mass is 388 g/mol. The zero-order valence-corrected chi connectivity index (χ0v) is 18.2. The van der Waals surface area contributed by atoms with Crippen molar-refractivity contribution in [2.45, 2.75) is 84.6 Å². The first-order valence-electron chi connectivity index (χ1n) is 10.2. The van der Waals surface area contributed by atoms with Crippen molar-refractivity contribution in [1.29, 1.82) is 0 Å². The molecule has 2 saturated heterocycles. The Bertz CT molecular complexity index is 692. The molecule has 2 aliphatic rings. The highest BCUT2D eigenvalue weighted by Crippen LogP contribution is 2.36. The van der Waals surface area contributed by atoms with Gasteiger partial charge in [0.25, 0.3) is 0 Å². The van der Waals surface area contributed by atoms with E-state index in [4.69, 9.17) is 9.31 Å². The molecule has 0 spiro atoms. The van der Waals surface area contributed by atoms with Gasteiger partial charge in [-0.1, -0.05) is 0 Å². The van der Waals surface area contributed by atoms with Gasteiger partial charge in [0.15, 0.2) is 0 Å². The number of nitrogens with zero attached hydrogens (tertiary/aromatic N) is 4. The van der Waals surface area contributed by atoms with Crippen LogP contribution < -0.4 is 10.4 Å². The molecule has 1 amide bonds. The fourth-order valence-electron chi connectivity index (χ4n) is 3.85. The zero-order valence-electron chi connectivity index (χ0n) is 18.2. The van der Waals surface area contributed by atoms with Crippen LogP contribution in [0.3, 0.4) is 0 Å². The van der Waals surface area contributed by atoms with E-state index in [1.165, 1.54) is 0 Å². The zero-order chi connectivity index (χ0) is 20.7. The van der Waals surface area contributed by atoms with Crippen molar-refractivity contribution in [2.24, 2.45) is 0 Å². The predicted molar refractivity (Wildman–Crippen MR) is 111 cm³/mol. The van der Waals surface area contributed by atoms with E-state index in [1.807, 2.05) is 32.6 Å². The SMILES string of the molecule is CC(=O)N1CCC[C@H](N(c2ncc(B3OC(C)(C)C(C)(C)O3)cn2)C(C)C)C1. The van der Waals surface area contributed by atoms with Crippen LogP contribution in [0.4, 0.5) is 5.95 Å². The summed E-state index contributed by atoms with van der Waals surface area (Å²) in [5.41, 5.74) is 0.0389. The molecule has 3 rings (SSSR count). The average molecular weight is 388 g/mol. The molecule has 0 bridgehead atoms. The summed E-state index contributed by atoms with van der Waals surface area (Å²) in [6.07, 6.45) is 5.63. The molecule has 0 aromatic carbocycles. The van der Waals surface area contributed by atoms with E-state index in [2.05, 4.69) is 28.7 Å². The van der Waals surface area contributed by atoms with Gasteiger partial charge in [-0.2, -0.15) is 0 Å². The van der Waals surface area contributed by atoms with Gasteiger partial charge in [-0.05, 0) is 54.4 Å². The molecule has 3 heterocycles. The van der Waals surface area contributed by atoms with Gasteiger partial charge < -0.3 is 19.1 Å². The van der Waals surface area contributed by atoms with Crippen molar-refractivity contribution in [1.82, 2.24) is 14.9 Å². The van der Waals surface area contributed by atoms with Crippen LogP contribution >= 0.6 is 0 Å². The van der Waals surface area contributed by atoms with Crippen LogP contribution in [0.25, 0.3) is 0 Å². The van der Waals surface area contributed by atoms with Crippen LogP contribution in [0.15, 0.2) is 12.4 Å². The third-order valence-electron chi connectivity index (χ3n) is 6.21. The van der Waals surface area contributed by atoms with Crippen LogP contribution in [-0.4, -0.2) is 64.3 Å². The molecule has 0 radical (unpaired) electrons. The summed E-state index contributed by atoms with van der Waals surface area (Å²) < 4.78 is 12.2. The molecule has 7 nitrogen and oxygen atoms in total. The number of aromatic nitrogens is 2. The minimum Gasteiger partial charge on any atom is -0.399 e. The minimum absolute atomic E-state index is 0.130. The number of amides is 1.